The maximum absolute atomic E-state index is 12.9. The molecule has 2 aromatic rings. The van der Waals surface area contributed by atoms with Crippen LogP contribution in [0.1, 0.15) is 46.0 Å². The first-order chi connectivity index (χ1) is 13.8. The van der Waals surface area contributed by atoms with Crippen LogP contribution in [0.25, 0.3) is 0 Å². The van der Waals surface area contributed by atoms with Crippen LogP contribution in [0.15, 0.2) is 30.6 Å². The molecule has 0 atom stereocenters. The zero-order chi connectivity index (χ0) is 20.8. The largest absolute Gasteiger partial charge is 0.377 e. The normalized spacial score (nSPS) is 17.5. The van der Waals surface area contributed by atoms with Crippen molar-refractivity contribution in [3.63, 3.8) is 0 Å². The number of aromatic nitrogens is 2. The number of hydrazine groups is 1. The summed E-state index contributed by atoms with van der Waals surface area (Å²) in [6.07, 6.45) is 3.07. The third kappa shape index (κ3) is 3.23. The molecule has 2 N–H and O–H groups in total. The summed E-state index contributed by atoms with van der Waals surface area (Å²) in [7, 11) is 0. The molecule has 0 saturated carbocycles. The van der Waals surface area contributed by atoms with Crippen LogP contribution in [0.3, 0.4) is 0 Å². The molecule has 150 valence electrons. The van der Waals surface area contributed by atoms with Gasteiger partial charge in [0.25, 0.3) is 11.8 Å². The number of ether oxygens (including phenoxy) is 1. The van der Waals surface area contributed by atoms with Gasteiger partial charge >= 0.3 is 0 Å². The zero-order valence-corrected chi connectivity index (χ0v) is 16.4. The van der Waals surface area contributed by atoms with E-state index in [9.17, 15) is 14.4 Å². The second kappa shape index (κ2) is 6.93. The quantitative estimate of drug-likeness (QED) is 0.746. The van der Waals surface area contributed by atoms with Gasteiger partial charge in [-0.05, 0) is 39.0 Å². The number of pyridine rings is 2. The number of fused-ring (bicyclic) bond motifs is 1. The molecule has 4 heterocycles. The summed E-state index contributed by atoms with van der Waals surface area (Å²) in [5.41, 5.74) is 6.60. The van der Waals surface area contributed by atoms with Gasteiger partial charge in [0.15, 0.2) is 0 Å². The van der Waals surface area contributed by atoms with E-state index in [-0.39, 0.29) is 17.6 Å². The van der Waals surface area contributed by atoms with E-state index in [1.54, 1.807) is 36.2 Å². The van der Waals surface area contributed by atoms with E-state index < -0.39 is 17.2 Å². The molecule has 9 nitrogen and oxygen atoms in total. The smallest absolute Gasteiger partial charge is 0.288 e. The molecule has 0 spiro atoms. The Morgan fingerprint density at radius 1 is 1.17 bits per heavy atom. The predicted octanol–water partition coefficient (Wildman–Crippen LogP) is 0.883. The van der Waals surface area contributed by atoms with Crippen LogP contribution in [0.5, 0.6) is 0 Å². The molecule has 1 fully saturated rings. The first kappa shape index (κ1) is 19.0. The Kier molecular flexibility index (Phi) is 4.54. The second-order valence-corrected chi connectivity index (χ2v) is 7.67. The molecule has 3 amide bonds. The Morgan fingerprint density at radius 2 is 1.90 bits per heavy atom. The number of nitrogens with zero attached hydrogens (tertiary/aromatic N) is 3. The van der Waals surface area contributed by atoms with Crippen LogP contribution in [-0.2, 0) is 14.9 Å². The highest BCUT2D eigenvalue weighted by Crippen LogP contribution is 2.43. The Balaban J connectivity index is 1.52. The molecule has 4 rings (SSSR count). The van der Waals surface area contributed by atoms with Crippen LogP contribution in [-0.4, -0.2) is 46.9 Å². The highest BCUT2D eigenvalue weighted by atomic mass is 16.5. The number of amides is 3. The Labute approximate surface area is 167 Å². The zero-order valence-electron chi connectivity index (χ0n) is 16.4. The monoisotopic (exact) mass is 395 g/mol. The molecule has 2 aliphatic rings. The number of hydrogen-bond acceptors (Lipinski definition) is 6. The third-order valence-electron chi connectivity index (χ3n) is 5.24. The molecule has 0 aromatic carbocycles. The number of carbonyl (C=O) groups is 3. The van der Waals surface area contributed by atoms with Crippen molar-refractivity contribution in [1.29, 1.82) is 0 Å². The van der Waals surface area contributed by atoms with Gasteiger partial charge < -0.3 is 9.64 Å². The molecule has 2 aliphatic heterocycles. The number of anilines is 1. The van der Waals surface area contributed by atoms with Gasteiger partial charge in [-0.25, -0.2) is 0 Å². The molecule has 1 saturated heterocycles. The van der Waals surface area contributed by atoms with E-state index in [0.717, 1.165) is 5.56 Å². The van der Waals surface area contributed by atoms with Crippen LogP contribution >= 0.6 is 0 Å². The van der Waals surface area contributed by atoms with Crippen LogP contribution in [0.4, 0.5) is 5.69 Å². The summed E-state index contributed by atoms with van der Waals surface area (Å²) in [6.45, 7) is 6.38. The minimum atomic E-state index is -0.722. The first-order valence-corrected chi connectivity index (χ1v) is 9.24. The molecule has 29 heavy (non-hydrogen) atoms. The highest BCUT2D eigenvalue weighted by Gasteiger charge is 2.48. The standard InChI is InChI=1S/C20H21N5O4/c1-11-6-12(4-5-21-11)17(26)23-24-18(27)15-7-16-14(8-22-15)20(2,3)19(28)25(16)13-9-29-10-13/h4-8,13H,9-10H2,1-3H3,(H,23,26)(H,24,27). The topological polar surface area (TPSA) is 114 Å². The van der Waals surface area contributed by atoms with Crippen molar-refractivity contribution >= 4 is 23.4 Å². The van der Waals surface area contributed by atoms with Gasteiger partial charge in [-0.1, -0.05) is 0 Å². The van der Waals surface area contributed by atoms with Crippen molar-refractivity contribution < 1.29 is 19.1 Å². The number of carbonyl (C=O) groups excluding carboxylic acids is 3. The summed E-state index contributed by atoms with van der Waals surface area (Å²) in [4.78, 5) is 47.5. The maximum atomic E-state index is 12.9. The fraction of sp³-hybridized carbons (Fsp3) is 0.350. The lowest BCUT2D eigenvalue weighted by molar-refractivity contribution is -0.124. The van der Waals surface area contributed by atoms with Crippen molar-refractivity contribution in [1.82, 2.24) is 20.8 Å². The van der Waals surface area contributed by atoms with Crippen molar-refractivity contribution in [2.24, 2.45) is 0 Å². The molecular formula is C20H21N5O4. The van der Waals surface area contributed by atoms with E-state index in [4.69, 9.17) is 4.74 Å². The van der Waals surface area contributed by atoms with Crippen molar-refractivity contribution in [3.8, 4) is 0 Å². The highest BCUT2D eigenvalue weighted by molar-refractivity contribution is 6.09. The average molecular weight is 395 g/mol. The van der Waals surface area contributed by atoms with Crippen molar-refractivity contribution in [3.05, 3.63) is 53.1 Å². The van der Waals surface area contributed by atoms with Gasteiger partial charge in [0.2, 0.25) is 5.91 Å². The minimum Gasteiger partial charge on any atom is -0.377 e. The average Bonchev–Trinajstić information content (AvgIpc) is 2.85. The molecule has 0 aliphatic carbocycles. The van der Waals surface area contributed by atoms with E-state index in [2.05, 4.69) is 20.8 Å². The molecule has 9 heteroatoms. The van der Waals surface area contributed by atoms with Crippen molar-refractivity contribution in [2.75, 3.05) is 18.1 Å². The first-order valence-electron chi connectivity index (χ1n) is 9.24. The maximum Gasteiger partial charge on any atom is 0.288 e. The SMILES string of the molecule is Cc1cc(C(=O)NNC(=O)c2cc3c(cn2)C(C)(C)C(=O)N3C2COC2)ccn1. The molecular weight excluding hydrogens is 374 g/mol. The molecule has 0 radical (unpaired) electrons. The van der Waals surface area contributed by atoms with Gasteiger partial charge in [0, 0.05) is 29.2 Å². The third-order valence-corrected chi connectivity index (χ3v) is 5.24. The molecule has 2 aromatic heterocycles. The van der Waals surface area contributed by atoms with Gasteiger partial charge in [-0.3, -0.25) is 35.2 Å². The number of aryl methyl sites for hydroxylation is 1. The summed E-state index contributed by atoms with van der Waals surface area (Å²) in [5.74, 6) is -1.08. The minimum absolute atomic E-state index is 0.0403. The van der Waals surface area contributed by atoms with E-state index in [1.807, 2.05) is 13.8 Å². The summed E-state index contributed by atoms with van der Waals surface area (Å²) in [5, 5.41) is 0. The van der Waals surface area contributed by atoms with Crippen LogP contribution in [0.2, 0.25) is 0 Å². The summed E-state index contributed by atoms with van der Waals surface area (Å²) in [6, 6.07) is 4.70. The van der Waals surface area contributed by atoms with Gasteiger partial charge in [0.1, 0.15) is 5.69 Å². The Bertz CT molecular complexity index is 1020. The summed E-state index contributed by atoms with van der Waals surface area (Å²) < 4.78 is 5.23. The predicted molar refractivity (Wildman–Crippen MR) is 103 cm³/mol. The van der Waals surface area contributed by atoms with E-state index in [0.29, 0.717) is 30.2 Å². The van der Waals surface area contributed by atoms with Crippen LogP contribution in [0, 0.1) is 6.92 Å². The van der Waals surface area contributed by atoms with Gasteiger partial charge in [0.05, 0.1) is 30.4 Å². The van der Waals surface area contributed by atoms with Crippen molar-refractivity contribution in [2.45, 2.75) is 32.2 Å². The number of hydrogen-bond donors (Lipinski definition) is 2. The van der Waals surface area contributed by atoms with E-state index in [1.165, 1.54) is 6.20 Å². The Hall–Kier alpha value is -3.33. The second-order valence-electron chi connectivity index (χ2n) is 7.67. The lowest BCUT2D eigenvalue weighted by atomic mass is 9.87. The number of nitrogens with one attached hydrogen (secondary N) is 2. The fourth-order valence-electron chi connectivity index (χ4n) is 3.45. The van der Waals surface area contributed by atoms with Gasteiger partial charge in [-0.2, -0.15) is 0 Å². The lowest BCUT2D eigenvalue weighted by Gasteiger charge is -2.35. The summed E-state index contributed by atoms with van der Waals surface area (Å²) >= 11 is 0. The van der Waals surface area contributed by atoms with E-state index >= 15 is 0 Å². The molecule has 0 unspecified atom stereocenters. The number of rotatable bonds is 3. The van der Waals surface area contributed by atoms with Gasteiger partial charge in [-0.15, -0.1) is 0 Å². The van der Waals surface area contributed by atoms with Crippen LogP contribution < -0.4 is 15.8 Å². The molecule has 0 bridgehead atoms. The lowest BCUT2D eigenvalue weighted by Crippen LogP contribution is -2.52. The fourth-order valence-corrected chi connectivity index (χ4v) is 3.45. The Morgan fingerprint density at radius 3 is 2.55 bits per heavy atom.